The first-order valence-corrected chi connectivity index (χ1v) is 10.8. The summed E-state index contributed by atoms with van der Waals surface area (Å²) in [5, 5.41) is 0. The first-order chi connectivity index (χ1) is 12.0. The second-order valence-corrected chi connectivity index (χ2v) is 8.80. The third-order valence-corrected chi connectivity index (χ3v) is 5.54. The summed E-state index contributed by atoms with van der Waals surface area (Å²) < 4.78 is 2.00. The molecule has 0 nitrogen and oxygen atoms in total. The molecule has 2 aromatic carbocycles. The topological polar surface area (TPSA) is 0 Å². The Morgan fingerprint density at radius 3 is 1.56 bits per heavy atom. The predicted octanol–water partition coefficient (Wildman–Crippen LogP) is 6.66. The maximum absolute atomic E-state index is 2.36. The van der Waals surface area contributed by atoms with Gasteiger partial charge in [-0.25, -0.2) is 12.1 Å². The molecule has 0 bridgehead atoms. The van der Waals surface area contributed by atoms with Crippen molar-refractivity contribution in [2.45, 2.75) is 85.0 Å². The fraction of sp³-hybridized carbons (Fsp3) is 0.542. The summed E-state index contributed by atoms with van der Waals surface area (Å²) in [7, 11) is 0. The Labute approximate surface area is 166 Å². The molecule has 0 fully saturated rings. The molecule has 2 aliphatic rings. The molecule has 1 heteroatoms. The van der Waals surface area contributed by atoms with Crippen LogP contribution < -0.4 is 0 Å². The van der Waals surface area contributed by atoms with Gasteiger partial charge < -0.3 is 0 Å². The van der Waals surface area contributed by atoms with E-state index in [1.807, 2.05) is 31.2 Å². The minimum absolute atomic E-state index is 0.812. The summed E-state index contributed by atoms with van der Waals surface area (Å²) in [6.45, 7) is 11.1. The largest absolute Gasteiger partial charge is 0.207 e. The molecule has 0 heterocycles. The Kier molecular flexibility index (Phi) is 8.10. The van der Waals surface area contributed by atoms with Crippen molar-refractivity contribution in [3.63, 3.8) is 0 Å². The van der Waals surface area contributed by atoms with E-state index in [4.69, 9.17) is 0 Å². The molecular weight excluding hydrogens is 336 g/mol. The molecule has 0 spiro atoms. The van der Waals surface area contributed by atoms with E-state index in [1.54, 1.807) is 22.3 Å². The van der Waals surface area contributed by atoms with Gasteiger partial charge >= 0.3 is 31.2 Å². The molecule has 0 saturated heterocycles. The predicted molar refractivity (Wildman–Crippen MR) is 108 cm³/mol. The SMILES string of the molecule is C[CH]=[Ti+2].Cc1cc2c([cH-]1)CCCC2C.Cc1cc2c([cH-]1)CCCC2C. The van der Waals surface area contributed by atoms with Gasteiger partial charge in [0.1, 0.15) is 0 Å². The number of rotatable bonds is 0. The van der Waals surface area contributed by atoms with E-state index in [-0.39, 0.29) is 0 Å². The first kappa shape index (κ1) is 20.6. The molecule has 2 atom stereocenters. The molecule has 0 saturated carbocycles. The smallest absolute Gasteiger partial charge is 0.0512 e. The van der Waals surface area contributed by atoms with Crippen molar-refractivity contribution in [2.24, 2.45) is 0 Å². The van der Waals surface area contributed by atoms with Crippen LogP contribution in [0.25, 0.3) is 0 Å². The Morgan fingerprint density at radius 1 is 0.880 bits per heavy atom. The van der Waals surface area contributed by atoms with E-state index in [2.05, 4.69) is 52.0 Å². The van der Waals surface area contributed by atoms with E-state index in [0.717, 1.165) is 11.8 Å². The summed E-state index contributed by atoms with van der Waals surface area (Å²) in [5.74, 6) is 1.62. The molecule has 0 radical (unpaired) electrons. The molecule has 0 aromatic heterocycles. The van der Waals surface area contributed by atoms with Crippen LogP contribution >= 0.6 is 0 Å². The van der Waals surface area contributed by atoms with Crippen LogP contribution in [0.15, 0.2) is 24.3 Å². The fourth-order valence-electron chi connectivity index (χ4n) is 4.33. The zero-order chi connectivity index (χ0) is 18.4. The number of hydrogen-bond acceptors (Lipinski definition) is 0. The van der Waals surface area contributed by atoms with E-state index >= 15 is 0 Å². The molecular formula is C24H34Ti. The van der Waals surface area contributed by atoms with Crippen molar-refractivity contribution in [2.75, 3.05) is 0 Å². The second kappa shape index (κ2) is 9.84. The third-order valence-electron chi connectivity index (χ3n) is 5.54. The second-order valence-electron chi connectivity index (χ2n) is 7.90. The number of hydrogen-bond donors (Lipinski definition) is 0. The van der Waals surface area contributed by atoms with Crippen molar-refractivity contribution in [3.05, 3.63) is 57.6 Å². The van der Waals surface area contributed by atoms with Crippen LogP contribution in [0.4, 0.5) is 0 Å². The van der Waals surface area contributed by atoms with Crippen molar-refractivity contribution in [1.82, 2.24) is 0 Å². The molecule has 0 amide bonds. The molecule has 2 aromatic rings. The third kappa shape index (κ3) is 5.63. The van der Waals surface area contributed by atoms with E-state index in [0.29, 0.717) is 0 Å². The molecule has 4 rings (SSSR count). The van der Waals surface area contributed by atoms with Gasteiger partial charge in [-0.1, -0.05) is 78.1 Å². The van der Waals surface area contributed by atoms with Crippen molar-refractivity contribution in [3.8, 4) is 0 Å². The van der Waals surface area contributed by atoms with Crippen LogP contribution in [0.1, 0.15) is 91.7 Å². The first-order valence-electron chi connectivity index (χ1n) is 9.93. The zero-order valence-corrected chi connectivity index (χ0v) is 18.3. The number of aryl methyl sites for hydroxylation is 4. The van der Waals surface area contributed by atoms with Crippen LogP contribution in [-0.4, -0.2) is 4.31 Å². The summed E-state index contributed by atoms with van der Waals surface area (Å²) in [6, 6.07) is 9.42. The normalized spacial score (nSPS) is 21.1. The van der Waals surface area contributed by atoms with Gasteiger partial charge in [0, 0.05) is 0 Å². The maximum atomic E-state index is 2.36. The minimum Gasteiger partial charge on any atom is -0.207 e. The van der Waals surface area contributed by atoms with Crippen LogP contribution in [0.3, 0.4) is 0 Å². The monoisotopic (exact) mass is 370 g/mol. The van der Waals surface area contributed by atoms with Gasteiger partial charge in [0.25, 0.3) is 0 Å². The Morgan fingerprint density at radius 2 is 1.24 bits per heavy atom. The Balaban J connectivity index is 0.000000156. The van der Waals surface area contributed by atoms with Crippen molar-refractivity contribution >= 4 is 4.31 Å². The summed E-state index contributed by atoms with van der Waals surface area (Å²) in [5.41, 5.74) is 9.36. The van der Waals surface area contributed by atoms with Crippen LogP contribution in [0.5, 0.6) is 0 Å². The molecule has 25 heavy (non-hydrogen) atoms. The van der Waals surface area contributed by atoms with E-state index in [1.165, 1.54) is 49.7 Å². The van der Waals surface area contributed by atoms with E-state index in [9.17, 15) is 0 Å². The van der Waals surface area contributed by atoms with Gasteiger partial charge in [-0.05, 0) is 0 Å². The molecule has 0 N–H and O–H groups in total. The Bertz CT molecular complexity index is 614. The number of fused-ring (bicyclic) bond motifs is 2. The quantitative estimate of drug-likeness (QED) is 0.359. The van der Waals surface area contributed by atoms with Crippen molar-refractivity contribution < 1.29 is 20.0 Å². The summed E-state index contributed by atoms with van der Waals surface area (Å²) >= 11 is 2.00. The average Bonchev–Trinajstić information content (AvgIpc) is 3.12. The van der Waals surface area contributed by atoms with Gasteiger partial charge in [-0.15, -0.1) is 0 Å². The maximum Gasteiger partial charge on any atom is -0.0512 e. The molecule has 134 valence electrons. The summed E-state index contributed by atoms with van der Waals surface area (Å²) in [6.07, 6.45) is 8.17. The van der Waals surface area contributed by atoms with Crippen LogP contribution in [-0.2, 0) is 32.8 Å². The van der Waals surface area contributed by atoms with Gasteiger partial charge in [0.05, 0.1) is 0 Å². The molecule has 0 aliphatic heterocycles. The van der Waals surface area contributed by atoms with Gasteiger partial charge in [-0.3, -0.25) is 0 Å². The van der Waals surface area contributed by atoms with E-state index < -0.39 is 0 Å². The molecule has 2 unspecified atom stereocenters. The van der Waals surface area contributed by atoms with Gasteiger partial charge in [0.15, 0.2) is 0 Å². The zero-order valence-electron chi connectivity index (χ0n) is 16.8. The van der Waals surface area contributed by atoms with Crippen LogP contribution in [0, 0.1) is 13.8 Å². The minimum atomic E-state index is 0.812. The van der Waals surface area contributed by atoms with Crippen molar-refractivity contribution in [1.29, 1.82) is 0 Å². The van der Waals surface area contributed by atoms with Gasteiger partial charge in [0.2, 0.25) is 0 Å². The standard InChI is InChI=1S/2C11H15.C2H4.Ti/c2*1-8-6-10-5-3-4-9(2)11(10)7-8;1-2;/h2*6-7,9H,3-5H2,1-2H3;1H,2H3;/q2*-1;;+2. The fourth-order valence-corrected chi connectivity index (χ4v) is 4.33. The Hall–Kier alpha value is -0.716. The van der Waals surface area contributed by atoms with Gasteiger partial charge in [-0.2, -0.15) is 45.5 Å². The summed E-state index contributed by atoms with van der Waals surface area (Å²) in [4.78, 5) is 0. The average molecular weight is 370 g/mol. The molecule has 2 aliphatic carbocycles. The van der Waals surface area contributed by atoms with Crippen LogP contribution in [0.2, 0.25) is 0 Å².